The van der Waals surface area contributed by atoms with Crippen molar-refractivity contribution in [2.75, 3.05) is 20.3 Å². The Morgan fingerprint density at radius 3 is 2.78 bits per heavy atom. The molecule has 0 bridgehead atoms. The van der Waals surface area contributed by atoms with Crippen molar-refractivity contribution in [2.24, 2.45) is 0 Å². The summed E-state index contributed by atoms with van der Waals surface area (Å²) in [5.74, 6) is 2.67. The molecule has 1 aliphatic heterocycles. The third-order valence-electron chi connectivity index (χ3n) is 4.39. The summed E-state index contributed by atoms with van der Waals surface area (Å²) in [5.41, 5.74) is 1.08. The minimum absolute atomic E-state index is 0.230. The van der Waals surface area contributed by atoms with Crippen LogP contribution in [0.3, 0.4) is 0 Å². The number of furan rings is 1. The zero-order chi connectivity index (χ0) is 18.5. The van der Waals surface area contributed by atoms with Crippen LogP contribution in [0.15, 0.2) is 75.1 Å². The van der Waals surface area contributed by atoms with Gasteiger partial charge in [0.25, 0.3) is 0 Å². The van der Waals surface area contributed by atoms with Gasteiger partial charge < -0.3 is 19.2 Å². The molecule has 1 fully saturated rings. The molecule has 0 aliphatic carbocycles. The highest BCUT2D eigenvalue weighted by Crippen LogP contribution is 2.35. The standard InChI is InChI=1S/C21H22N2O3S/c1-24-17-4-2-3-15(11-17)13-26-16-5-7-18(8-6-16)27-20-9-10-25-21(20)19-12-22-14-23-19/h2-11,19,22-23H,12-14H2,1H3. The van der Waals surface area contributed by atoms with E-state index in [0.717, 1.165) is 45.8 Å². The van der Waals surface area contributed by atoms with E-state index in [9.17, 15) is 0 Å². The second kappa shape index (κ2) is 8.52. The molecular weight excluding hydrogens is 360 g/mol. The van der Waals surface area contributed by atoms with E-state index in [4.69, 9.17) is 13.9 Å². The van der Waals surface area contributed by atoms with Gasteiger partial charge in [0.05, 0.1) is 24.3 Å². The molecule has 2 heterocycles. The molecular formula is C21H22N2O3S. The van der Waals surface area contributed by atoms with Crippen LogP contribution in [0.25, 0.3) is 0 Å². The highest BCUT2D eigenvalue weighted by Gasteiger charge is 2.22. The molecule has 1 aromatic heterocycles. The van der Waals surface area contributed by atoms with Crippen molar-refractivity contribution in [3.05, 3.63) is 72.2 Å². The van der Waals surface area contributed by atoms with Crippen molar-refractivity contribution in [1.82, 2.24) is 10.6 Å². The van der Waals surface area contributed by atoms with Crippen molar-refractivity contribution < 1.29 is 13.9 Å². The van der Waals surface area contributed by atoms with Crippen molar-refractivity contribution >= 4 is 11.8 Å². The molecule has 2 N–H and O–H groups in total. The third-order valence-corrected chi connectivity index (χ3v) is 5.45. The fourth-order valence-corrected chi connectivity index (χ4v) is 3.92. The number of hydrogen-bond acceptors (Lipinski definition) is 6. The fraction of sp³-hybridized carbons (Fsp3) is 0.238. The van der Waals surface area contributed by atoms with E-state index in [1.54, 1.807) is 25.1 Å². The van der Waals surface area contributed by atoms with Crippen LogP contribution >= 0.6 is 11.8 Å². The van der Waals surface area contributed by atoms with Gasteiger partial charge in [-0.25, -0.2) is 0 Å². The highest BCUT2D eigenvalue weighted by atomic mass is 32.2. The first-order chi connectivity index (χ1) is 13.3. The van der Waals surface area contributed by atoms with Crippen LogP contribution in [0, 0.1) is 0 Å². The summed E-state index contributed by atoms with van der Waals surface area (Å²) in [6.07, 6.45) is 1.75. The van der Waals surface area contributed by atoms with Crippen LogP contribution in [0.1, 0.15) is 17.4 Å². The summed E-state index contributed by atoms with van der Waals surface area (Å²) >= 11 is 1.70. The monoisotopic (exact) mass is 382 g/mol. The largest absolute Gasteiger partial charge is 0.497 e. The number of ether oxygens (including phenoxy) is 2. The normalized spacial score (nSPS) is 16.4. The number of rotatable bonds is 7. The lowest BCUT2D eigenvalue weighted by atomic mass is 10.2. The van der Waals surface area contributed by atoms with Crippen LogP contribution in [0.2, 0.25) is 0 Å². The second-order valence-electron chi connectivity index (χ2n) is 6.25. The van der Waals surface area contributed by atoms with E-state index in [-0.39, 0.29) is 6.04 Å². The average Bonchev–Trinajstić information content (AvgIpc) is 3.39. The molecule has 0 radical (unpaired) electrons. The first-order valence-corrected chi connectivity index (χ1v) is 9.68. The van der Waals surface area contributed by atoms with Gasteiger partial charge in [-0.1, -0.05) is 23.9 Å². The quantitative estimate of drug-likeness (QED) is 0.638. The summed E-state index contributed by atoms with van der Waals surface area (Å²) < 4.78 is 16.8. The molecule has 1 saturated heterocycles. The molecule has 140 valence electrons. The van der Waals surface area contributed by atoms with E-state index < -0.39 is 0 Å². The van der Waals surface area contributed by atoms with Crippen molar-refractivity contribution in [3.8, 4) is 11.5 Å². The Balaban J connectivity index is 1.37. The van der Waals surface area contributed by atoms with Gasteiger partial charge in [0, 0.05) is 18.1 Å². The summed E-state index contributed by atoms with van der Waals surface area (Å²) in [4.78, 5) is 2.29. The van der Waals surface area contributed by atoms with Crippen LogP contribution < -0.4 is 20.1 Å². The van der Waals surface area contributed by atoms with Crippen LogP contribution in [0.5, 0.6) is 11.5 Å². The van der Waals surface area contributed by atoms with E-state index >= 15 is 0 Å². The van der Waals surface area contributed by atoms with Gasteiger partial charge in [-0.3, -0.25) is 5.32 Å². The summed E-state index contributed by atoms with van der Waals surface area (Å²) in [5, 5.41) is 6.68. The minimum atomic E-state index is 0.230. The maximum atomic E-state index is 5.89. The highest BCUT2D eigenvalue weighted by molar-refractivity contribution is 7.99. The summed E-state index contributed by atoms with van der Waals surface area (Å²) in [6, 6.07) is 18.3. The molecule has 27 heavy (non-hydrogen) atoms. The van der Waals surface area contributed by atoms with Crippen LogP contribution in [0.4, 0.5) is 0 Å². The molecule has 0 amide bonds. The molecule has 1 atom stereocenters. The smallest absolute Gasteiger partial charge is 0.135 e. The Labute approximate surface area is 163 Å². The summed E-state index contributed by atoms with van der Waals surface area (Å²) in [6.45, 7) is 2.21. The predicted octanol–water partition coefficient (Wildman–Crippen LogP) is 4.21. The maximum absolute atomic E-state index is 5.89. The predicted molar refractivity (Wildman–Crippen MR) is 105 cm³/mol. The van der Waals surface area contributed by atoms with Gasteiger partial charge in [-0.15, -0.1) is 0 Å². The van der Waals surface area contributed by atoms with Gasteiger partial charge >= 0.3 is 0 Å². The van der Waals surface area contributed by atoms with Crippen LogP contribution in [-0.4, -0.2) is 20.3 Å². The fourth-order valence-electron chi connectivity index (χ4n) is 2.98. The first kappa shape index (κ1) is 18.0. The number of hydrogen-bond donors (Lipinski definition) is 2. The second-order valence-corrected chi connectivity index (χ2v) is 7.37. The van der Waals surface area contributed by atoms with E-state index in [1.165, 1.54) is 0 Å². The topological polar surface area (TPSA) is 55.7 Å². The Hall–Kier alpha value is -2.41. The lowest BCUT2D eigenvalue weighted by molar-refractivity contribution is 0.305. The van der Waals surface area contributed by atoms with E-state index in [1.807, 2.05) is 42.5 Å². The molecule has 3 aromatic rings. The summed E-state index contributed by atoms with van der Waals surface area (Å²) in [7, 11) is 1.67. The average molecular weight is 382 g/mol. The van der Waals surface area contributed by atoms with E-state index in [0.29, 0.717) is 6.61 Å². The van der Waals surface area contributed by atoms with Crippen LogP contribution in [-0.2, 0) is 6.61 Å². The van der Waals surface area contributed by atoms with Gasteiger partial charge in [0.2, 0.25) is 0 Å². The third kappa shape index (κ3) is 4.47. The maximum Gasteiger partial charge on any atom is 0.135 e. The Kier molecular flexibility index (Phi) is 5.67. The molecule has 6 heteroatoms. The Morgan fingerprint density at radius 1 is 1.11 bits per heavy atom. The van der Waals surface area contributed by atoms with Gasteiger partial charge in [0.15, 0.2) is 0 Å². The van der Waals surface area contributed by atoms with E-state index in [2.05, 4.69) is 22.8 Å². The lowest BCUT2D eigenvalue weighted by Crippen LogP contribution is -2.14. The minimum Gasteiger partial charge on any atom is -0.497 e. The van der Waals surface area contributed by atoms with Crippen molar-refractivity contribution in [3.63, 3.8) is 0 Å². The Bertz CT molecular complexity index is 873. The lowest BCUT2D eigenvalue weighted by Gasteiger charge is -2.10. The molecule has 0 saturated carbocycles. The first-order valence-electron chi connectivity index (χ1n) is 8.87. The van der Waals surface area contributed by atoms with Gasteiger partial charge in [0.1, 0.15) is 23.9 Å². The van der Waals surface area contributed by atoms with Crippen molar-refractivity contribution in [2.45, 2.75) is 22.4 Å². The number of nitrogens with one attached hydrogen (secondary N) is 2. The molecule has 1 unspecified atom stereocenters. The Morgan fingerprint density at radius 2 is 2.00 bits per heavy atom. The SMILES string of the molecule is COc1cccc(COc2ccc(Sc3ccoc3C3CNCN3)cc2)c1. The molecule has 2 aromatic carbocycles. The molecule has 0 spiro atoms. The van der Waals surface area contributed by atoms with Gasteiger partial charge in [-0.05, 0) is 48.0 Å². The van der Waals surface area contributed by atoms with Gasteiger partial charge in [-0.2, -0.15) is 0 Å². The molecule has 4 rings (SSSR count). The zero-order valence-corrected chi connectivity index (χ0v) is 15.9. The number of methoxy groups -OCH3 is 1. The van der Waals surface area contributed by atoms with Crippen molar-refractivity contribution in [1.29, 1.82) is 0 Å². The molecule has 1 aliphatic rings. The number of benzene rings is 2. The zero-order valence-electron chi connectivity index (χ0n) is 15.1. The molecule has 5 nitrogen and oxygen atoms in total.